The number of nitrogens with one attached hydrogen (secondary N) is 2. The van der Waals surface area contributed by atoms with Crippen molar-refractivity contribution in [2.75, 3.05) is 5.32 Å². The maximum absolute atomic E-state index is 12.0. The standard InChI is InChI=1S/C15H12Cl2N2O4/c1-8(23-15(22)12-3-2-4-18-14(12)21)13(20)19-11-6-9(16)5-10(17)7-11/h2-8H,1H3,(H,18,21)(H,19,20)/t8-/m0/s1. The number of pyridine rings is 1. The van der Waals surface area contributed by atoms with Crippen LogP contribution in [0.5, 0.6) is 0 Å². The van der Waals surface area contributed by atoms with E-state index in [-0.39, 0.29) is 5.56 Å². The van der Waals surface area contributed by atoms with E-state index in [1.165, 1.54) is 43.5 Å². The van der Waals surface area contributed by atoms with Crippen molar-refractivity contribution in [3.8, 4) is 0 Å². The first-order valence-electron chi connectivity index (χ1n) is 6.52. The molecule has 2 aromatic rings. The number of amides is 1. The number of ether oxygens (including phenoxy) is 1. The van der Waals surface area contributed by atoms with Gasteiger partial charge in [0.2, 0.25) is 0 Å². The molecule has 23 heavy (non-hydrogen) atoms. The van der Waals surface area contributed by atoms with Crippen LogP contribution in [0.4, 0.5) is 5.69 Å². The van der Waals surface area contributed by atoms with E-state index < -0.39 is 23.5 Å². The lowest BCUT2D eigenvalue weighted by Gasteiger charge is -2.13. The molecule has 0 aliphatic heterocycles. The molecule has 0 spiro atoms. The molecule has 0 unspecified atom stereocenters. The third-order valence-corrected chi connectivity index (χ3v) is 3.26. The predicted octanol–water partition coefficient (Wildman–Crippen LogP) is 2.87. The fourth-order valence-electron chi connectivity index (χ4n) is 1.73. The Kier molecular flexibility index (Phi) is 5.41. The molecule has 1 heterocycles. The van der Waals surface area contributed by atoms with Gasteiger partial charge >= 0.3 is 5.97 Å². The van der Waals surface area contributed by atoms with E-state index in [2.05, 4.69) is 10.3 Å². The van der Waals surface area contributed by atoms with Gasteiger partial charge in [0.15, 0.2) is 6.10 Å². The van der Waals surface area contributed by atoms with E-state index in [0.717, 1.165) is 0 Å². The Hall–Kier alpha value is -2.31. The summed E-state index contributed by atoms with van der Waals surface area (Å²) >= 11 is 11.7. The summed E-state index contributed by atoms with van der Waals surface area (Å²) in [5, 5.41) is 3.23. The van der Waals surface area contributed by atoms with Gasteiger partial charge in [0.05, 0.1) is 0 Å². The second-order valence-electron chi connectivity index (χ2n) is 4.61. The molecule has 0 saturated heterocycles. The van der Waals surface area contributed by atoms with Crippen LogP contribution in [-0.2, 0) is 9.53 Å². The lowest BCUT2D eigenvalue weighted by Crippen LogP contribution is -2.31. The third-order valence-electron chi connectivity index (χ3n) is 2.82. The molecule has 0 bridgehead atoms. The summed E-state index contributed by atoms with van der Waals surface area (Å²) in [6, 6.07) is 7.31. The van der Waals surface area contributed by atoms with Crippen molar-refractivity contribution in [3.05, 3.63) is 62.5 Å². The highest BCUT2D eigenvalue weighted by Crippen LogP contribution is 2.22. The third kappa shape index (κ3) is 4.58. The summed E-state index contributed by atoms with van der Waals surface area (Å²) in [5.74, 6) is -1.47. The molecule has 2 N–H and O–H groups in total. The molecule has 1 aromatic heterocycles. The van der Waals surface area contributed by atoms with Crippen molar-refractivity contribution in [2.45, 2.75) is 13.0 Å². The van der Waals surface area contributed by atoms with Crippen LogP contribution >= 0.6 is 23.2 Å². The second kappa shape index (κ2) is 7.30. The maximum atomic E-state index is 12.0. The number of esters is 1. The number of benzene rings is 1. The molecule has 0 aliphatic carbocycles. The topological polar surface area (TPSA) is 88.3 Å². The number of halogens is 2. The molecule has 1 aromatic carbocycles. The molecule has 120 valence electrons. The minimum absolute atomic E-state index is 0.182. The van der Waals surface area contributed by atoms with Gasteiger partial charge in [-0.15, -0.1) is 0 Å². The Morgan fingerprint density at radius 3 is 2.48 bits per heavy atom. The molecule has 0 saturated carbocycles. The minimum Gasteiger partial charge on any atom is -0.449 e. The summed E-state index contributed by atoms with van der Waals surface area (Å²) in [7, 11) is 0. The molecule has 1 amide bonds. The van der Waals surface area contributed by atoms with Gasteiger partial charge in [0, 0.05) is 21.9 Å². The van der Waals surface area contributed by atoms with Crippen molar-refractivity contribution in [3.63, 3.8) is 0 Å². The quantitative estimate of drug-likeness (QED) is 0.826. The number of anilines is 1. The summed E-state index contributed by atoms with van der Waals surface area (Å²) < 4.78 is 4.97. The van der Waals surface area contributed by atoms with Crippen LogP contribution in [0.2, 0.25) is 10.0 Å². The minimum atomic E-state index is -1.11. The van der Waals surface area contributed by atoms with Crippen molar-refractivity contribution in [1.29, 1.82) is 0 Å². The van der Waals surface area contributed by atoms with Crippen LogP contribution in [0.1, 0.15) is 17.3 Å². The second-order valence-corrected chi connectivity index (χ2v) is 5.48. The number of aromatic amines is 1. The summed E-state index contributed by atoms with van der Waals surface area (Å²) in [6.45, 7) is 1.39. The zero-order valence-electron chi connectivity index (χ0n) is 11.9. The molecule has 0 fully saturated rings. The monoisotopic (exact) mass is 354 g/mol. The first kappa shape index (κ1) is 17.1. The Labute approximate surface area is 141 Å². The molecular weight excluding hydrogens is 343 g/mol. The zero-order valence-corrected chi connectivity index (χ0v) is 13.4. The number of H-pyrrole nitrogens is 1. The van der Waals surface area contributed by atoms with Crippen molar-refractivity contribution >= 4 is 40.8 Å². The van der Waals surface area contributed by atoms with Gasteiger partial charge in [0.1, 0.15) is 5.56 Å². The average Bonchev–Trinajstić information content (AvgIpc) is 2.46. The van der Waals surface area contributed by atoms with Gasteiger partial charge in [-0.1, -0.05) is 23.2 Å². The summed E-state index contributed by atoms with van der Waals surface area (Å²) in [5.41, 5.74) is -0.405. The van der Waals surface area contributed by atoms with Gasteiger partial charge in [-0.2, -0.15) is 0 Å². The van der Waals surface area contributed by atoms with Gasteiger partial charge in [0.25, 0.3) is 11.5 Å². The fraction of sp³-hybridized carbons (Fsp3) is 0.133. The highest BCUT2D eigenvalue weighted by molar-refractivity contribution is 6.35. The van der Waals surface area contributed by atoms with Crippen molar-refractivity contribution in [1.82, 2.24) is 4.98 Å². The lowest BCUT2D eigenvalue weighted by molar-refractivity contribution is -0.123. The van der Waals surface area contributed by atoms with Crippen molar-refractivity contribution < 1.29 is 14.3 Å². The Morgan fingerprint density at radius 2 is 1.87 bits per heavy atom. The van der Waals surface area contributed by atoms with Gasteiger partial charge in [-0.3, -0.25) is 9.59 Å². The van der Waals surface area contributed by atoms with E-state index in [4.69, 9.17) is 27.9 Å². The van der Waals surface area contributed by atoms with Gasteiger partial charge in [-0.25, -0.2) is 4.79 Å². The van der Waals surface area contributed by atoms with E-state index in [1.54, 1.807) is 0 Å². The number of rotatable bonds is 4. The van der Waals surface area contributed by atoms with E-state index in [0.29, 0.717) is 15.7 Å². The zero-order chi connectivity index (χ0) is 17.0. The van der Waals surface area contributed by atoms with Gasteiger partial charge in [-0.05, 0) is 37.3 Å². The maximum Gasteiger partial charge on any atom is 0.344 e. The number of hydrogen-bond donors (Lipinski definition) is 2. The Balaban J connectivity index is 2.04. The van der Waals surface area contributed by atoms with E-state index >= 15 is 0 Å². The first-order valence-corrected chi connectivity index (χ1v) is 7.28. The van der Waals surface area contributed by atoms with Crippen molar-refractivity contribution in [2.24, 2.45) is 0 Å². The molecule has 6 nitrogen and oxygen atoms in total. The highest BCUT2D eigenvalue weighted by Gasteiger charge is 2.20. The number of carbonyl (C=O) groups is 2. The number of hydrogen-bond acceptors (Lipinski definition) is 4. The number of carbonyl (C=O) groups excluding carboxylic acids is 2. The highest BCUT2D eigenvalue weighted by atomic mass is 35.5. The first-order chi connectivity index (χ1) is 10.9. The van der Waals surface area contributed by atoms with Crippen LogP contribution in [0, 0.1) is 0 Å². The number of aromatic nitrogens is 1. The Morgan fingerprint density at radius 1 is 1.22 bits per heavy atom. The van der Waals surface area contributed by atoms with Gasteiger partial charge < -0.3 is 15.0 Å². The average molecular weight is 355 g/mol. The summed E-state index contributed by atoms with van der Waals surface area (Å²) in [6.07, 6.45) is 0.276. The Bertz CT molecular complexity index is 784. The molecular formula is C15H12Cl2N2O4. The smallest absolute Gasteiger partial charge is 0.344 e. The van der Waals surface area contributed by atoms with Crippen LogP contribution in [0.25, 0.3) is 0 Å². The molecule has 8 heteroatoms. The van der Waals surface area contributed by atoms with E-state index in [1.807, 2.05) is 0 Å². The molecule has 1 atom stereocenters. The predicted molar refractivity (Wildman–Crippen MR) is 87.0 cm³/mol. The van der Waals surface area contributed by atoms with Crippen LogP contribution in [0.15, 0.2) is 41.3 Å². The molecule has 0 radical (unpaired) electrons. The van der Waals surface area contributed by atoms with E-state index in [9.17, 15) is 14.4 Å². The normalized spacial score (nSPS) is 11.6. The molecule has 0 aliphatic rings. The van der Waals surface area contributed by atoms with Crippen LogP contribution < -0.4 is 10.9 Å². The SMILES string of the molecule is C[C@H](OC(=O)c1ccc[nH]c1=O)C(=O)Nc1cc(Cl)cc(Cl)c1. The molecule has 2 rings (SSSR count). The van der Waals surface area contributed by atoms with Crippen LogP contribution in [-0.4, -0.2) is 23.0 Å². The lowest BCUT2D eigenvalue weighted by atomic mass is 10.2. The fourth-order valence-corrected chi connectivity index (χ4v) is 2.26. The van der Waals surface area contributed by atoms with Crippen LogP contribution in [0.3, 0.4) is 0 Å². The largest absolute Gasteiger partial charge is 0.449 e. The summed E-state index contributed by atoms with van der Waals surface area (Å²) in [4.78, 5) is 37.7.